The van der Waals surface area contributed by atoms with E-state index < -0.39 is 24.8 Å². The maximum absolute atomic E-state index is 15.1. The average molecular weight is 620 g/mol. The third-order valence-corrected chi connectivity index (χ3v) is 13.3. The van der Waals surface area contributed by atoms with Crippen LogP contribution in [0.5, 0.6) is 0 Å². The second-order valence-corrected chi connectivity index (χ2v) is 15.0. The number of ketones is 1. The zero-order valence-corrected chi connectivity index (χ0v) is 26.7. The van der Waals surface area contributed by atoms with Crippen LogP contribution < -0.4 is 15.9 Å². The summed E-state index contributed by atoms with van der Waals surface area (Å²) in [5.74, 6) is -1.24. The maximum atomic E-state index is 15.1. The van der Waals surface area contributed by atoms with Gasteiger partial charge >= 0.3 is 5.97 Å². The fourth-order valence-corrected chi connectivity index (χ4v) is 11.1. The van der Waals surface area contributed by atoms with Crippen molar-refractivity contribution in [1.29, 1.82) is 0 Å². The van der Waals surface area contributed by atoms with Gasteiger partial charge in [0.05, 0.1) is 11.7 Å². The van der Waals surface area contributed by atoms with Gasteiger partial charge in [0.25, 0.3) is 0 Å². The molecule has 2 unspecified atom stereocenters. The Kier molecular flexibility index (Phi) is 9.33. The van der Waals surface area contributed by atoms with Gasteiger partial charge in [-0.3, -0.25) is 4.79 Å². The molecule has 0 heterocycles. The van der Waals surface area contributed by atoms with Gasteiger partial charge in [0.2, 0.25) is 11.4 Å². The average Bonchev–Trinajstić information content (AvgIpc) is 3.14. The molecule has 6 aromatic rings. The Morgan fingerprint density at radius 1 is 0.522 bits per heavy atom. The van der Waals surface area contributed by atoms with Gasteiger partial charge in [-0.2, -0.15) is 0 Å². The number of Topliss-reactive ketones (excluding diaryl/α,β-unsaturated/α-hetero) is 1. The van der Waals surface area contributed by atoms with Crippen LogP contribution in [0.3, 0.4) is 0 Å². The zero-order valence-electron chi connectivity index (χ0n) is 25.8. The zero-order chi connectivity index (χ0) is 31.8. The van der Waals surface area contributed by atoms with Gasteiger partial charge in [0.1, 0.15) is 23.2 Å². The lowest BCUT2D eigenvalue weighted by Gasteiger charge is -2.40. The van der Waals surface area contributed by atoms with Crippen LogP contribution in [0.2, 0.25) is 0 Å². The monoisotopic (exact) mass is 619 g/mol. The number of hydrogen-bond acceptors (Lipinski definition) is 3. The van der Waals surface area contributed by atoms with Crippen molar-refractivity contribution in [1.82, 2.24) is 0 Å². The van der Waals surface area contributed by atoms with E-state index in [-0.39, 0.29) is 5.78 Å². The molecule has 0 radical (unpaired) electrons. The quantitative estimate of drug-likeness (QED) is 0.0834. The summed E-state index contributed by atoms with van der Waals surface area (Å²) in [5, 5.41) is 3.59. The Morgan fingerprint density at radius 2 is 0.870 bits per heavy atom. The van der Waals surface area contributed by atoms with Crippen molar-refractivity contribution in [2.24, 2.45) is 5.92 Å². The topological polar surface area (TPSA) is 43.4 Å². The maximum Gasteiger partial charge on any atom is 0.339 e. The molecule has 46 heavy (non-hydrogen) atoms. The minimum Gasteiger partial charge on any atom is -0.442 e. The molecule has 0 N–H and O–H groups in total. The molecule has 0 aromatic heterocycles. The van der Waals surface area contributed by atoms with E-state index in [9.17, 15) is 4.79 Å². The van der Waals surface area contributed by atoms with Crippen LogP contribution >= 0.6 is 7.26 Å². The number of hydrogen-bond donors (Lipinski definition) is 0. The van der Waals surface area contributed by atoms with Gasteiger partial charge in [0.15, 0.2) is 0 Å². The summed E-state index contributed by atoms with van der Waals surface area (Å²) in [5.41, 5.74) is -0.0970. The van der Waals surface area contributed by atoms with Crippen molar-refractivity contribution >= 4 is 34.9 Å². The summed E-state index contributed by atoms with van der Waals surface area (Å²) < 4.78 is 6.67. The highest BCUT2D eigenvalue weighted by atomic mass is 31.2. The summed E-state index contributed by atoms with van der Waals surface area (Å²) in [6, 6.07) is 59.4. The minimum atomic E-state index is -2.42. The van der Waals surface area contributed by atoms with E-state index in [1.165, 1.54) is 15.9 Å². The second kappa shape index (κ2) is 13.9. The van der Waals surface area contributed by atoms with Crippen LogP contribution in [0, 0.1) is 5.92 Å². The molecule has 0 aliphatic rings. The molecule has 0 bridgehead atoms. The Morgan fingerprint density at radius 3 is 1.28 bits per heavy atom. The minimum absolute atomic E-state index is 0.247. The molecule has 6 aromatic carbocycles. The Labute approximate surface area is 271 Å². The Balaban J connectivity index is 1.62. The first kappa shape index (κ1) is 30.9. The number of carbonyl (C=O) groups excluding carboxylic acids is 2. The first-order chi connectivity index (χ1) is 22.6. The standard InChI is InChI=1S/C42H36O3P/c1-33(32-46(37-26-14-5-15-27-37,38-28-16-6-17-29-38)39-30-18-7-19-31-39)42(36-24-12-4-13-25-36,40(43)34-20-8-2-9-21-34)45-41(44)35-22-10-3-11-23-35/h2-31,33H,32H2,1H3/q+1. The Bertz CT molecular complexity index is 1770. The van der Waals surface area contributed by atoms with Gasteiger partial charge in [-0.25, -0.2) is 4.79 Å². The van der Waals surface area contributed by atoms with Crippen molar-refractivity contribution in [3.8, 4) is 0 Å². The lowest BCUT2D eigenvalue weighted by molar-refractivity contribution is -0.0310. The summed E-state index contributed by atoms with van der Waals surface area (Å²) in [6.45, 7) is 2.07. The fourth-order valence-electron chi connectivity index (χ4n) is 6.46. The largest absolute Gasteiger partial charge is 0.442 e. The fraction of sp³-hybridized carbons (Fsp3) is 0.0952. The van der Waals surface area contributed by atoms with Crippen LogP contribution in [0.25, 0.3) is 0 Å². The highest BCUT2D eigenvalue weighted by molar-refractivity contribution is 7.95. The van der Waals surface area contributed by atoms with E-state index in [0.717, 1.165) is 0 Å². The highest BCUT2D eigenvalue weighted by Crippen LogP contribution is 2.59. The van der Waals surface area contributed by atoms with E-state index in [1.807, 2.05) is 72.8 Å². The molecule has 3 nitrogen and oxygen atoms in total. The molecule has 2 atom stereocenters. The molecule has 226 valence electrons. The lowest BCUT2D eigenvalue weighted by Crippen LogP contribution is -2.49. The van der Waals surface area contributed by atoms with Crippen molar-refractivity contribution in [2.45, 2.75) is 12.5 Å². The molecular formula is C42H36O3P+. The summed E-state index contributed by atoms with van der Waals surface area (Å²) in [7, 11) is -2.42. The summed E-state index contributed by atoms with van der Waals surface area (Å²) >= 11 is 0. The number of ether oxygens (including phenoxy) is 1. The Hall–Kier alpha value is -5.11. The SMILES string of the molecule is CC(C[P+](c1ccccc1)(c1ccccc1)c1ccccc1)C(OC(=O)c1ccccc1)(C(=O)c1ccccc1)c1ccccc1. The summed E-state index contributed by atoms with van der Waals surface area (Å²) in [4.78, 5) is 29.2. The molecule has 4 heteroatoms. The second-order valence-electron chi connectivity index (χ2n) is 11.5. The smallest absolute Gasteiger partial charge is 0.339 e. The molecule has 0 aliphatic carbocycles. The molecule has 0 amide bonds. The molecule has 0 aliphatic heterocycles. The highest BCUT2D eigenvalue weighted by Gasteiger charge is 2.56. The van der Waals surface area contributed by atoms with Gasteiger partial charge < -0.3 is 4.74 Å². The number of rotatable bonds is 11. The van der Waals surface area contributed by atoms with Crippen molar-refractivity contribution in [2.75, 3.05) is 6.16 Å². The van der Waals surface area contributed by atoms with E-state index in [4.69, 9.17) is 4.74 Å². The molecule has 0 fully saturated rings. The third-order valence-electron chi connectivity index (χ3n) is 8.67. The van der Waals surface area contributed by atoms with E-state index in [0.29, 0.717) is 22.9 Å². The van der Waals surface area contributed by atoms with E-state index in [1.54, 1.807) is 36.4 Å². The van der Waals surface area contributed by atoms with Crippen molar-refractivity contribution < 1.29 is 14.3 Å². The van der Waals surface area contributed by atoms with Crippen molar-refractivity contribution in [3.63, 3.8) is 0 Å². The first-order valence-corrected chi connectivity index (χ1v) is 17.5. The van der Waals surface area contributed by atoms with E-state index in [2.05, 4.69) is 79.7 Å². The molecule has 0 saturated heterocycles. The van der Waals surface area contributed by atoms with Gasteiger partial charge in [0, 0.05) is 17.0 Å². The lowest BCUT2D eigenvalue weighted by atomic mass is 9.77. The number of benzene rings is 6. The third kappa shape index (κ3) is 5.95. The summed E-state index contributed by atoms with van der Waals surface area (Å²) in [6.07, 6.45) is 0.570. The van der Waals surface area contributed by atoms with Gasteiger partial charge in [-0.15, -0.1) is 0 Å². The molecule has 0 spiro atoms. The van der Waals surface area contributed by atoms with Crippen LogP contribution in [0.4, 0.5) is 0 Å². The van der Waals surface area contributed by atoms with Crippen LogP contribution in [0.1, 0.15) is 33.2 Å². The van der Waals surface area contributed by atoms with Crippen molar-refractivity contribution in [3.05, 3.63) is 199 Å². The van der Waals surface area contributed by atoms with Crippen LogP contribution in [-0.4, -0.2) is 17.9 Å². The molecule has 0 saturated carbocycles. The predicted molar refractivity (Wildman–Crippen MR) is 190 cm³/mol. The molecule has 6 rings (SSSR count). The van der Waals surface area contributed by atoms with Crippen LogP contribution in [0.15, 0.2) is 182 Å². The van der Waals surface area contributed by atoms with Gasteiger partial charge in [-0.05, 0) is 48.5 Å². The first-order valence-electron chi connectivity index (χ1n) is 15.5. The number of carbonyl (C=O) groups is 2. The van der Waals surface area contributed by atoms with Gasteiger partial charge in [-0.1, -0.05) is 140 Å². The van der Waals surface area contributed by atoms with Crippen LogP contribution in [-0.2, 0) is 10.3 Å². The predicted octanol–water partition coefficient (Wildman–Crippen LogP) is 8.25. The number of esters is 1. The van der Waals surface area contributed by atoms with E-state index >= 15 is 4.79 Å². The normalized spacial score (nSPS) is 13.2. The molecular weight excluding hydrogens is 583 g/mol.